The minimum atomic E-state index is -0.818. The Balaban J connectivity index is 3.65. The second-order valence-electron chi connectivity index (χ2n) is 7.54. The summed E-state index contributed by atoms with van der Waals surface area (Å²) >= 11 is 0. The molecule has 4 nitrogen and oxygen atoms in total. The molecule has 0 heterocycles. The number of esters is 1. The van der Waals surface area contributed by atoms with Gasteiger partial charge in [-0.2, -0.15) is 0 Å². The molecule has 4 heteroatoms. The van der Waals surface area contributed by atoms with Gasteiger partial charge < -0.3 is 9.84 Å². The van der Waals surface area contributed by atoms with Crippen LogP contribution in [0.1, 0.15) is 84.5 Å². The zero-order chi connectivity index (χ0) is 23.7. The Labute approximate surface area is 195 Å². The molecule has 178 valence electrons. The lowest BCUT2D eigenvalue weighted by Gasteiger charge is -2.12. The number of carbonyl (C=O) groups excluding carboxylic acids is 1. The fourth-order valence-corrected chi connectivity index (χ4v) is 2.72. The maximum atomic E-state index is 11.7. The lowest BCUT2D eigenvalue weighted by Crippen LogP contribution is -2.14. The Hall–Kier alpha value is -2.62. The Morgan fingerprint density at radius 1 is 0.719 bits per heavy atom. The molecular formula is C28H42O4. The van der Waals surface area contributed by atoms with E-state index in [0.717, 1.165) is 38.5 Å². The molecule has 0 aromatic heterocycles. The van der Waals surface area contributed by atoms with Gasteiger partial charge in [0.1, 0.15) is 0 Å². The third-order valence-corrected chi connectivity index (χ3v) is 4.45. The van der Waals surface area contributed by atoms with E-state index in [2.05, 4.69) is 73.8 Å². The molecule has 0 rings (SSSR count). The quantitative estimate of drug-likeness (QED) is 0.165. The zero-order valence-corrected chi connectivity index (χ0v) is 20.0. The fraction of sp³-hybridized carbons (Fsp3) is 0.500. The van der Waals surface area contributed by atoms with Crippen LogP contribution < -0.4 is 0 Å². The SMILES string of the molecule is CC/C=C\C/C=C\C/C=C\C/C=C\C/C=C\C/C=C\CCC(=O)OC(C)CCCC(=O)O. The number of rotatable bonds is 19. The number of allylic oxidation sites excluding steroid dienone is 12. The van der Waals surface area contributed by atoms with Crippen molar-refractivity contribution in [3.8, 4) is 0 Å². The van der Waals surface area contributed by atoms with Crippen molar-refractivity contribution in [2.24, 2.45) is 0 Å². The van der Waals surface area contributed by atoms with Crippen LogP contribution in [0.4, 0.5) is 0 Å². The number of aliphatic carboxylic acids is 1. The van der Waals surface area contributed by atoms with Crippen molar-refractivity contribution in [3.05, 3.63) is 72.9 Å². The van der Waals surface area contributed by atoms with E-state index >= 15 is 0 Å². The third kappa shape index (κ3) is 23.7. The first-order chi connectivity index (χ1) is 15.6. The molecule has 0 spiro atoms. The van der Waals surface area contributed by atoms with E-state index in [9.17, 15) is 9.59 Å². The fourth-order valence-electron chi connectivity index (χ4n) is 2.72. The normalized spacial score (nSPS) is 13.6. The molecule has 0 aliphatic heterocycles. The summed E-state index contributed by atoms with van der Waals surface area (Å²) in [6, 6.07) is 0. The molecular weight excluding hydrogens is 400 g/mol. The molecule has 1 atom stereocenters. The summed E-state index contributed by atoms with van der Waals surface area (Å²) in [6.07, 6.45) is 33.7. The number of carboxylic acid groups (broad SMARTS) is 1. The van der Waals surface area contributed by atoms with Crippen LogP contribution in [0.15, 0.2) is 72.9 Å². The Kier molecular flexibility index (Phi) is 21.2. The highest BCUT2D eigenvalue weighted by Gasteiger charge is 2.09. The Bertz CT molecular complexity index is 650. The van der Waals surface area contributed by atoms with Gasteiger partial charge in [-0.1, -0.05) is 79.8 Å². The van der Waals surface area contributed by atoms with E-state index in [1.54, 1.807) is 6.92 Å². The van der Waals surface area contributed by atoms with Crippen molar-refractivity contribution < 1.29 is 19.4 Å². The van der Waals surface area contributed by atoms with Crippen molar-refractivity contribution in [1.82, 2.24) is 0 Å². The predicted molar refractivity (Wildman–Crippen MR) is 134 cm³/mol. The molecule has 0 fully saturated rings. The second kappa shape index (κ2) is 23.1. The van der Waals surface area contributed by atoms with E-state index < -0.39 is 5.97 Å². The van der Waals surface area contributed by atoms with Crippen molar-refractivity contribution in [3.63, 3.8) is 0 Å². The first-order valence-corrected chi connectivity index (χ1v) is 11.9. The van der Waals surface area contributed by atoms with Crippen LogP contribution in [0, 0.1) is 0 Å². The molecule has 1 N–H and O–H groups in total. The van der Waals surface area contributed by atoms with E-state index in [1.165, 1.54) is 0 Å². The zero-order valence-electron chi connectivity index (χ0n) is 20.0. The molecule has 1 unspecified atom stereocenters. The summed E-state index contributed by atoms with van der Waals surface area (Å²) < 4.78 is 5.27. The molecule has 0 saturated carbocycles. The summed E-state index contributed by atoms with van der Waals surface area (Å²) in [5, 5.41) is 8.61. The van der Waals surface area contributed by atoms with Gasteiger partial charge in [0, 0.05) is 12.8 Å². The second-order valence-corrected chi connectivity index (χ2v) is 7.54. The average molecular weight is 443 g/mol. The van der Waals surface area contributed by atoms with Gasteiger partial charge in [0.2, 0.25) is 0 Å². The molecule has 0 radical (unpaired) electrons. The monoisotopic (exact) mass is 442 g/mol. The van der Waals surface area contributed by atoms with Crippen LogP contribution in [-0.2, 0) is 14.3 Å². The largest absolute Gasteiger partial charge is 0.481 e. The number of carbonyl (C=O) groups is 2. The van der Waals surface area contributed by atoms with Gasteiger partial charge in [0.25, 0.3) is 0 Å². The summed E-state index contributed by atoms with van der Waals surface area (Å²) in [6.45, 7) is 3.95. The highest BCUT2D eigenvalue weighted by molar-refractivity contribution is 5.69. The van der Waals surface area contributed by atoms with Gasteiger partial charge in [0.05, 0.1) is 6.10 Å². The first-order valence-electron chi connectivity index (χ1n) is 11.9. The van der Waals surface area contributed by atoms with E-state index in [-0.39, 0.29) is 18.5 Å². The summed E-state index contributed by atoms with van der Waals surface area (Å²) in [4.78, 5) is 22.2. The summed E-state index contributed by atoms with van der Waals surface area (Å²) in [5.74, 6) is -1.05. The first kappa shape index (κ1) is 29.4. The van der Waals surface area contributed by atoms with Crippen molar-refractivity contribution in [2.45, 2.75) is 90.6 Å². The molecule has 0 aliphatic carbocycles. The number of hydrogen-bond acceptors (Lipinski definition) is 3. The van der Waals surface area contributed by atoms with E-state index in [0.29, 0.717) is 25.7 Å². The Morgan fingerprint density at radius 3 is 1.59 bits per heavy atom. The molecule has 0 bridgehead atoms. The highest BCUT2D eigenvalue weighted by Crippen LogP contribution is 2.07. The average Bonchev–Trinajstić information content (AvgIpc) is 2.75. The van der Waals surface area contributed by atoms with Crippen LogP contribution >= 0.6 is 0 Å². The number of hydrogen-bond donors (Lipinski definition) is 1. The van der Waals surface area contributed by atoms with Crippen LogP contribution in [0.2, 0.25) is 0 Å². The lowest BCUT2D eigenvalue weighted by atomic mass is 10.2. The van der Waals surface area contributed by atoms with Gasteiger partial charge in [-0.25, -0.2) is 0 Å². The topological polar surface area (TPSA) is 63.6 Å². The maximum absolute atomic E-state index is 11.7. The van der Waals surface area contributed by atoms with Crippen LogP contribution in [0.3, 0.4) is 0 Å². The Morgan fingerprint density at radius 2 is 1.16 bits per heavy atom. The van der Waals surface area contributed by atoms with Gasteiger partial charge in [-0.15, -0.1) is 0 Å². The van der Waals surface area contributed by atoms with E-state index in [1.807, 2.05) is 6.08 Å². The van der Waals surface area contributed by atoms with Crippen LogP contribution in [0.5, 0.6) is 0 Å². The molecule has 0 aromatic carbocycles. The molecule has 0 amide bonds. The van der Waals surface area contributed by atoms with Crippen LogP contribution in [-0.4, -0.2) is 23.1 Å². The van der Waals surface area contributed by atoms with Gasteiger partial charge >= 0.3 is 11.9 Å². The third-order valence-electron chi connectivity index (χ3n) is 4.45. The lowest BCUT2D eigenvalue weighted by molar-refractivity contribution is -0.148. The highest BCUT2D eigenvalue weighted by atomic mass is 16.5. The molecule has 0 aliphatic rings. The minimum absolute atomic E-state index is 0.112. The van der Waals surface area contributed by atoms with Crippen molar-refractivity contribution in [1.29, 1.82) is 0 Å². The smallest absolute Gasteiger partial charge is 0.306 e. The van der Waals surface area contributed by atoms with Gasteiger partial charge in [-0.3, -0.25) is 9.59 Å². The summed E-state index contributed by atoms with van der Waals surface area (Å²) in [5.41, 5.74) is 0. The maximum Gasteiger partial charge on any atom is 0.306 e. The van der Waals surface area contributed by atoms with Gasteiger partial charge in [0.15, 0.2) is 0 Å². The summed E-state index contributed by atoms with van der Waals surface area (Å²) in [7, 11) is 0. The van der Waals surface area contributed by atoms with Gasteiger partial charge in [-0.05, 0) is 64.7 Å². The van der Waals surface area contributed by atoms with E-state index in [4.69, 9.17) is 9.84 Å². The van der Waals surface area contributed by atoms with Crippen molar-refractivity contribution >= 4 is 11.9 Å². The van der Waals surface area contributed by atoms with Crippen molar-refractivity contribution in [2.75, 3.05) is 0 Å². The molecule has 32 heavy (non-hydrogen) atoms. The number of carboxylic acids is 1. The predicted octanol–water partition coefficient (Wildman–Crippen LogP) is 7.65. The molecule has 0 aromatic rings. The van der Waals surface area contributed by atoms with Crippen LogP contribution in [0.25, 0.3) is 0 Å². The molecule has 0 saturated heterocycles. The number of ether oxygens (including phenoxy) is 1. The standard InChI is InChI=1S/C28H42O4/c1-3-4-5-6-7-8-9-10-11-12-13-14-15-16-17-18-19-20-21-25-28(31)32-26(2)23-22-24-27(29)30/h4-5,7-8,10-11,13-14,16-17,19-20,26H,3,6,9,12,15,18,21-25H2,1-2H3,(H,29,30)/b5-4-,8-7-,11-10-,14-13-,17-16-,20-19-. The minimum Gasteiger partial charge on any atom is -0.481 e.